The van der Waals surface area contributed by atoms with Gasteiger partial charge in [-0.15, -0.1) is 22.7 Å². The smallest absolute Gasteiger partial charge is 0.0672 e. The summed E-state index contributed by atoms with van der Waals surface area (Å²) in [5.41, 5.74) is 1.24. The minimum absolute atomic E-state index is 0.234. The molecule has 3 rings (SSSR count). The predicted molar refractivity (Wildman–Crippen MR) is 91.3 cm³/mol. The van der Waals surface area contributed by atoms with Gasteiger partial charge in [0.05, 0.1) is 6.04 Å². The molecule has 0 spiro atoms. The van der Waals surface area contributed by atoms with E-state index in [9.17, 15) is 0 Å². The summed E-state index contributed by atoms with van der Waals surface area (Å²) < 4.78 is 2.74. The summed E-state index contributed by atoms with van der Waals surface area (Å²) in [4.78, 5) is 1.36. The molecule has 1 atom stereocenters. The van der Waals surface area contributed by atoms with E-state index < -0.39 is 0 Å². The Hall–Kier alpha value is -0.870. The van der Waals surface area contributed by atoms with Crippen LogP contribution in [0.4, 0.5) is 0 Å². The number of hydrogen-bond donors (Lipinski definition) is 1. The van der Waals surface area contributed by atoms with E-state index in [1.54, 1.807) is 11.3 Å². The van der Waals surface area contributed by atoms with E-state index >= 15 is 0 Å². The van der Waals surface area contributed by atoms with Crippen molar-refractivity contribution in [3.8, 4) is 0 Å². The molecular formula is C16H16ClNS2. The highest BCUT2D eigenvalue weighted by atomic mass is 35.5. The van der Waals surface area contributed by atoms with E-state index in [2.05, 4.69) is 41.9 Å². The van der Waals surface area contributed by atoms with Crippen molar-refractivity contribution < 1.29 is 0 Å². The van der Waals surface area contributed by atoms with E-state index in [-0.39, 0.29) is 6.04 Å². The van der Waals surface area contributed by atoms with Gasteiger partial charge in [0.1, 0.15) is 0 Å². The zero-order valence-electron chi connectivity index (χ0n) is 11.2. The summed E-state index contributed by atoms with van der Waals surface area (Å²) in [7, 11) is 0. The normalized spacial score (nSPS) is 12.9. The van der Waals surface area contributed by atoms with Crippen LogP contribution >= 0.6 is 34.3 Å². The van der Waals surface area contributed by atoms with Crippen LogP contribution in [-0.4, -0.2) is 6.54 Å². The molecular weight excluding hydrogens is 306 g/mol. The van der Waals surface area contributed by atoms with Crippen molar-refractivity contribution in [2.24, 2.45) is 0 Å². The summed E-state index contributed by atoms with van der Waals surface area (Å²) in [5, 5.41) is 6.58. The maximum atomic E-state index is 6.15. The third-order valence-corrected chi connectivity index (χ3v) is 5.62. The average molecular weight is 322 g/mol. The Morgan fingerprint density at radius 1 is 1.20 bits per heavy atom. The molecule has 0 aliphatic carbocycles. The van der Waals surface area contributed by atoms with Crippen LogP contribution in [0.1, 0.15) is 29.8 Å². The Morgan fingerprint density at radius 2 is 2.10 bits per heavy atom. The molecule has 0 bridgehead atoms. The zero-order valence-corrected chi connectivity index (χ0v) is 13.6. The van der Waals surface area contributed by atoms with E-state index in [4.69, 9.17) is 11.6 Å². The highest BCUT2D eigenvalue weighted by Gasteiger charge is 2.16. The number of thiophene rings is 2. The van der Waals surface area contributed by atoms with Crippen LogP contribution in [0.25, 0.3) is 9.40 Å². The molecule has 20 heavy (non-hydrogen) atoms. The predicted octanol–water partition coefficient (Wildman–Crippen LogP) is 5.71. The molecule has 1 nitrogen and oxygen atoms in total. The molecule has 2 aromatic heterocycles. The van der Waals surface area contributed by atoms with Crippen molar-refractivity contribution in [1.29, 1.82) is 0 Å². The number of rotatable bonds is 5. The fourth-order valence-electron chi connectivity index (χ4n) is 2.28. The van der Waals surface area contributed by atoms with Gasteiger partial charge >= 0.3 is 0 Å². The van der Waals surface area contributed by atoms with Crippen LogP contribution in [0, 0.1) is 0 Å². The van der Waals surface area contributed by atoms with E-state index in [0.29, 0.717) is 0 Å². The number of benzene rings is 1. The van der Waals surface area contributed by atoms with Crippen molar-refractivity contribution in [1.82, 2.24) is 5.32 Å². The summed E-state index contributed by atoms with van der Waals surface area (Å²) in [6, 6.07) is 12.9. The molecule has 0 aliphatic heterocycles. The molecule has 0 amide bonds. The molecule has 0 fully saturated rings. The van der Waals surface area contributed by atoms with Crippen LogP contribution < -0.4 is 5.32 Å². The van der Waals surface area contributed by atoms with Crippen LogP contribution in [0.15, 0.2) is 41.8 Å². The Balaban J connectivity index is 1.98. The van der Waals surface area contributed by atoms with Gasteiger partial charge in [-0.3, -0.25) is 0 Å². The van der Waals surface area contributed by atoms with Crippen molar-refractivity contribution in [2.75, 3.05) is 6.54 Å². The lowest BCUT2D eigenvalue weighted by Gasteiger charge is -2.18. The van der Waals surface area contributed by atoms with Gasteiger partial charge in [0.25, 0.3) is 0 Å². The van der Waals surface area contributed by atoms with Gasteiger partial charge < -0.3 is 5.32 Å². The quantitative estimate of drug-likeness (QED) is 0.635. The highest BCUT2D eigenvalue weighted by molar-refractivity contribution is 7.27. The van der Waals surface area contributed by atoms with E-state index in [0.717, 1.165) is 18.0 Å². The third-order valence-electron chi connectivity index (χ3n) is 3.22. The van der Waals surface area contributed by atoms with Crippen molar-refractivity contribution in [3.63, 3.8) is 0 Å². The molecule has 0 saturated heterocycles. The number of fused-ring (bicyclic) bond motifs is 1. The van der Waals surface area contributed by atoms with Crippen LogP contribution in [0.2, 0.25) is 5.02 Å². The topological polar surface area (TPSA) is 12.0 Å². The maximum absolute atomic E-state index is 6.15. The zero-order chi connectivity index (χ0) is 13.9. The van der Waals surface area contributed by atoms with Crippen LogP contribution in [0.5, 0.6) is 0 Å². The standard InChI is InChI=1S/C16H16ClNS2/c1-2-7-18-16(11-4-3-5-12(17)9-11)15-10-14-13(20-15)6-8-19-14/h3-6,8-10,16,18H,2,7H2,1H3. The second-order valence-electron chi connectivity index (χ2n) is 4.74. The Morgan fingerprint density at radius 3 is 2.85 bits per heavy atom. The molecule has 1 aromatic carbocycles. The first-order valence-corrected chi connectivity index (χ1v) is 8.81. The lowest BCUT2D eigenvalue weighted by Crippen LogP contribution is -2.22. The van der Waals surface area contributed by atoms with Crippen molar-refractivity contribution in [2.45, 2.75) is 19.4 Å². The third kappa shape index (κ3) is 2.91. The molecule has 0 aliphatic rings. The minimum atomic E-state index is 0.234. The molecule has 3 aromatic rings. The molecule has 104 valence electrons. The molecule has 0 saturated carbocycles. The Kier molecular flexibility index (Phi) is 4.41. The Labute approximate surface area is 132 Å². The van der Waals surface area contributed by atoms with Gasteiger partial charge in [-0.05, 0) is 48.2 Å². The lowest BCUT2D eigenvalue weighted by molar-refractivity contribution is 0.606. The minimum Gasteiger partial charge on any atom is -0.306 e. The summed E-state index contributed by atoms with van der Waals surface area (Å²) in [6.45, 7) is 3.19. The number of halogens is 1. The van der Waals surface area contributed by atoms with Gasteiger partial charge in [-0.2, -0.15) is 0 Å². The van der Waals surface area contributed by atoms with Crippen molar-refractivity contribution in [3.05, 3.63) is 57.2 Å². The average Bonchev–Trinajstić information content (AvgIpc) is 3.00. The first kappa shape index (κ1) is 14.1. The van der Waals surface area contributed by atoms with Gasteiger partial charge in [-0.1, -0.05) is 30.7 Å². The van der Waals surface area contributed by atoms with Crippen molar-refractivity contribution >= 4 is 43.7 Å². The number of hydrogen-bond acceptors (Lipinski definition) is 3. The Bertz CT molecular complexity index is 673. The van der Waals surface area contributed by atoms with Gasteiger partial charge in [0, 0.05) is 19.3 Å². The monoisotopic (exact) mass is 321 g/mol. The SMILES string of the molecule is CCCNC(c1cccc(Cl)c1)c1cc2sccc2s1. The molecule has 1 unspecified atom stereocenters. The van der Waals surface area contributed by atoms with Gasteiger partial charge in [-0.25, -0.2) is 0 Å². The maximum Gasteiger partial charge on any atom is 0.0672 e. The number of nitrogens with one attached hydrogen (secondary N) is 1. The second kappa shape index (κ2) is 6.27. The van der Waals surface area contributed by atoms with Gasteiger partial charge in [0.2, 0.25) is 0 Å². The first-order valence-electron chi connectivity index (χ1n) is 6.73. The van der Waals surface area contributed by atoms with Crippen LogP contribution in [-0.2, 0) is 0 Å². The van der Waals surface area contributed by atoms with Gasteiger partial charge in [0.15, 0.2) is 0 Å². The molecule has 0 radical (unpaired) electrons. The lowest BCUT2D eigenvalue weighted by atomic mass is 10.1. The first-order chi connectivity index (χ1) is 9.78. The highest BCUT2D eigenvalue weighted by Crippen LogP contribution is 2.36. The second-order valence-corrected chi connectivity index (χ2v) is 7.24. The molecule has 2 heterocycles. The fraction of sp³-hybridized carbons (Fsp3) is 0.250. The summed E-state index contributed by atoms with van der Waals surface area (Å²) >= 11 is 9.82. The molecule has 4 heteroatoms. The fourth-order valence-corrected chi connectivity index (χ4v) is 4.71. The summed E-state index contributed by atoms with van der Waals surface area (Å²) in [5.74, 6) is 0. The summed E-state index contributed by atoms with van der Waals surface area (Å²) in [6.07, 6.45) is 1.12. The largest absolute Gasteiger partial charge is 0.306 e. The van der Waals surface area contributed by atoms with Crippen LogP contribution in [0.3, 0.4) is 0 Å². The van der Waals surface area contributed by atoms with E-state index in [1.807, 2.05) is 23.5 Å². The van der Waals surface area contributed by atoms with E-state index in [1.165, 1.54) is 19.8 Å². The molecule has 1 N–H and O–H groups in total.